The molecule has 2 amide bonds. The fourth-order valence-electron chi connectivity index (χ4n) is 3.07. The van der Waals surface area contributed by atoms with E-state index in [-0.39, 0.29) is 11.8 Å². The number of rotatable bonds is 5. The van der Waals surface area contributed by atoms with Gasteiger partial charge in [-0.25, -0.2) is 0 Å². The van der Waals surface area contributed by atoms with E-state index >= 15 is 0 Å². The van der Waals surface area contributed by atoms with Gasteiger partial charge in [-0.3, -0.25) is 9.59 Å². The first-order chi connectivity index (χ1) is 12.1. The number of piperidine rings is 1. The van der Waals surface area contributed by atoms with E-state index in [1.165, 1.54) is 30.7 Å². The van der Waals surface area contributed by atoms with E-state index in [0.717, 1.165) is 42.6 Å². The van der Waals surface area contributed by atoms with E-state index in [4.69, 9.17) is 0 Å². The minimum absolute atomic E-state index is 0.204. The van der Waals surface area contributed by atoms with Gasteiger partial charge in [-0.15, -0.1) is 0 Å². The molecule has 1 aromatic carbocycles. The van der Waals surface area contributed by atoms with Crippen LogP contribution in [0.2, 0.25) is 0 Å². The van der Waals surface area contributed by atoms with Gasteiger partial charge >= 0.3 is 0 Å². The van der Waals surface area contributed by atoms with Crippen LogP contribution in [0.15, 0.2) is 40.1 Å². The molecule has 2 aliphatic heterocycles. The number of fused-ring (bicyclic) bond motifs is 1. The van der Waals surface area contributed by atoms with Crippen LogP contribution in [-0.2, 0) is 9.59 Å². The van der Waals surface area contributed by atoms with Crippen LogP contribution < -0.4 is 10.6 Å². The second-order valence-electron chi connectivity index (χ2n) is 6.73. The number of carbonyl (C=O) groups is 2. The van der Waals surface area contributed by atoms with Crippen LogP contribution in [0.3, 0.4) is 0 Å². The molecule has 0 atom stereocenters. The van der Waals surface area contributed by atoms with Crippen molar-refractivity contribution in [2.75, 3.05) is 31.5 Å². The van der Waals surface area contributed by atoms with E-state index in [0.29, 0.717) is 11.4 Å². The smallest absolute Gasteiger partial charge is 0.262 e. The van der Waals surface area contributed by atoms with E-state index < -0.39 is 0 Å². The number of hydrogen-bond acceptors (Lipinski definition) is 4. The average Bonchev–Trinajstić information content (AvgIpc) is 2.61. The molecule has 0 radical (unpaired) electrons. The highest BCUT2D eigenvalue weighted by molar-refractivity contribution is 8.04. The van der Waals surface area contributed by atoms with Crippen LogP contribution in [0.5, 0.6) is 0 Å². The maximum atomic E-state index is 12.1. The Hall–Kier alpha value is -1.79. The van der Waals surface area contributed by atoms with Crippen molar-refractivity contribution in [2.24, 2.45) is 5.92 Å². The van der Waals surface area contributed by atoms with Crippen LogP contribution in [-0.4, -0.2) is 42.9 Å². The van der Waals surface area contributed by atoms with E-state index in [2.05, 4.69) is 22.5 Å². The highest BCUT2D eigenvalue weighted by Crippen LogP contribution is 2.37. The number of anilines is 1. The minimum Gasteiger partial charge on any atom is -0.352 e. The van der Waals surface area contributed by atoms with Crippen molar-refractivity contribution in [1.82, 2.24) is 10.2 Å². The van der Waals surface area contributed by atoms with Gasteiger partial charge in [0.1, 0.15) is 0 Å². The lowest BCUT2D eigenvalue weighted by Gasteiger charge is -2.30. The van der Waals surface area contributed by atoms with Crippen molar-refractivity contribution in [3.05, 3.63) is 35.2 Å². The Morgan fingerprint density at radius 2 is 2.12 bits per heavy atom. The summed E-state index contributed by atoms with van der Waals surface area (Å²) in [5.74, 6) is 0.414. The number of amides is 2. The van der Waals surface area contributed by atoms with Gasteiger partial charge in [0.15, 0.2) is 0 Å². The lowest BCUT2D eigenvalue weighted by molar-refractivity contribution is -0.117. The summed E-state index contributed by atoms with van der Waals surface area (Å²) in [6.07, 6.45) is 4.88. The Balaban J connectivity index is 1.43. The van der Waals surface area contributed by atoms with Crippen molar-refractivity contribution in [2.45, 2.75) is 31.1 Å². The molecule has 134 valence electrons. The normalized spacial score (nSPS) is 20.2. The largest absolute Gasteiger partial charge is 0.352 e. The fourth-order valence-corrected chi connectivity index (χ4v) is 3.99. The zero-order chi connectivity index (χ0) is 17.6. The quantitative estimate of drug-likeness (QED) is 0.627. The molecule has 0 unspecified atom stereocenters. The van der Waals surface area contributed by atoms with Gasteiger partial charge in [0, 0.05) is 17.5 Å². The highest BCUT2D eigenvalue weighted by atomic mass is 32.2. The Morgan fingerprint density at radius 3 is 2.92 bits per heavy atom. The Labute approximate surface area is 153 Å². The molecule has 1 fully saturated rings. The van der Waals surface area contributed by atoms with Crippen LogP contribution in [0.25, 0.3) is 0 Å². The van der Waals surface area contributed by atoms with Crippen molar-refractivity contribution < 1.29 is 9.59 Å². The number of thioether (sulfide) groups is 1. The van der Waals surface area contributed by atoms with Gasteiger partial charge < -0.3 is 15.5 Å². The summed E-state index contributed by atoms with van der Waals surface area (Å²) in [5, 5.41) is 5.70. The molecule has 2 N–H and O–H groups in total. The first-order valence-electron chi connectivity index (χ1n) is 8.92. The Kier molecular flexibility index (Phi) is 6.15. The van der Waals surface area contributed by atoms with E-state index in [1.807, 2.05) is 24.3 Å². The van der Waals surface area contributed by atoms with Crippen LogP contribution in [0, 0.1) is 5.92 Å². The van der Waals surface area contributed by atoms with Gasteiger partial charge in [-0.2, -0.15) is 0 Å². The summed E-state index contributed by atoms with van der Waals surface area (Å²) in [6.45, 7) is 6.29. The maximum Gasteiger partial charge on any atom is 0.262 e. The molecule has 2 aliphatic rings. The highest BCUT2D eigenvalue weighted by Gasteiger charge is 2.21. The number of benzene rings is 1. The third kappa shape index (κ3) is 5.09. The van der Waals surface area contributed by atoms with Crippen LogP contribution in [0.1, 0.15) is 26.2 Å². The molecule has 2 heterocycles. The zero-order valence-electron chi connectivity index (χ0n) is 14.6. The number of nitrogens with zero attached hydrogens (tertiary/aromatic N) is 1. The number of hydrogen-bond donors (Lipinski definition) is 2. The minimum atomic E-state index is -0.221. The van der Waals surface area contributed by atoms with Crippen molar-refractivity contribution in [3.8, 4) is 0 Å². The lowest BCUT2D eigenvalue weighted by atomic mass is 9.99. The van der Waals surface area contributed by atoms with Gasteiger partial charge in [0.25, 0.3) is 5.91 Å². The molecule has 1 aromatic rings. The first kappa shape index (κ1) is 18.0. The number of nitrogens with one attached hydrogen (secondary N) is 2. The summed E-state index contributed by atoms with van der Waals surface area (Å²) in [4.78, 5) is 28.0. The topological polar surface area (TPSA) is 61.4 Å². The van der Waals surface area contributed by atoms with E-state index in [9.17, 15) is 9.59 Å². The summed E-state index contributed by atoms with van der Waals surface area (Å²) in [5.41, 5.74) is 0.797. The van der Waals surface area contributed by atoms with Gasteiger partial charge in [0.05, 0.1) is 10.6 Å². The summed E-state index contributed by atoms with van der Waals surface area (Å²) >= 11 is 1.34. The second-order valence-corrected chi connectivity index (χ2v) is 7.81. The molecule has 0 saturated carbocycles. The predicted octanol–water partition coefficient (Wildman–Crippen LogP) is 2.85. The number of carbonyl (C=O) groups excluding carboxylic acids is 2. The van der Waals surface area contributed by atoms with Gasteiger partial charge in [0.2, 0.25) is 5.91 Å². The maximum absolute atomic E-state index is 12.1. The average molecular weight is 359 g/mol. The molecular formula is C19H25N3O2S. The van der Waals surface area contributed by atoms with Crippen molar-refractivity contribution in [3.63, 3.8) is 0 Å². The third-order valence-electron chi connectivity index (χ3n) is 4.67. The van der Waals surface area contributed by atoms with Crippen LogP contribution >= 0.6 is 11.8 Å². The van der Waals surface area contributed by atoms with Crippen molar-refractivity contribution >= 4 is 29.3 Å². The molecule has 25 heavy (non-hydrogen) atoms. The van der Waals surface area contributed by atoms with Gasteiger partial charge in [-0.1, -0.05) is 30.8 Å². The van der Waals surface area contributed by atoms with Crippen LogP contribution in [0.4, 0.5) is 5.69 Å². The molecule has 0 spiro atoms. The number of para-hydroxylation sites is 1. The molecule has 5 nitrogen and oxygen atoms in total. The predicted molar refractivity (Wildman–Crippen MR) is 101 cm³/mol. The SMILES string of the molecule is CC1CCN(CCCNC(=O)C=C2Sc3ccccc3NC2=O)CC1. The molecule has 0 aromatic heterocycles. The molecule has 3 rings (SSSR count). The number of likely N-dealkylation sites (tertiary alicyclic amines) is 1. The van der Waals surface area contributed by atoms with E-state index in [1.54, 1.807) is 0 Å². The lowest BCUT2D eigenvalue weighted by Crippen LogP contribution is -2.35. The molecule has 0 bridgehead atoms. The van der Waals surface area contributed by atoms with Gasteiger partial charge in [-0.05, 0) is 56.9 Å². The fraction of sp³-hybridized carbons (Fsp3) is 0.474. The Bertz CT molecular complexity index is 666. The summed E-state index contributed by atoms with van der Waals surface area (Å²) in [7, 11) is 0. The standard InChI is InChI=1S/C19H25N3O2S/c1-14-7-11-22(12-8-14)10-4-9-20-18(23)13-17-19(24)21-15-5-2-3-6-16(15)25-17/h2-3,5-6,13-14H,4,7-12H2,1H3,(H,20,23)(H,21,24). The zero-order valence-corrected chi connectivity index (χ0v) is 15.4. The third-order valence-corrected chi connectivity index (χ3v) is 5.77. The molecule has 0 aliphatic carbocycles. The Morgan fingerprint density at radius 1 is 1.36 bits per heavy atom. The van der Waals surface area contributed by atoms with Crippen molar-refractivity contribution in [1.29, 1.82) is 0 Å². The summed E-state index contributed by atoms with van der Waals surface area (Å²) < 4.78 is 0. The molecule has 6 heteroatoms. The second kappa shape index (κ2) is 8.54. The molecular weight excluding hydrogens is 334 g/mol. The molecule has 1 saturated heterocycles. The monoisotopic (exact) mass is 359 g/mol. The summed E-state index contributed by atoms with van der Waals surface area (Å²) in [6, 6.07) is 7.59. The first-order valence-corrected chi connectivity index (χ1v) is 9.73.